The summed E-state index contributed by atoms with van der Waals surface area (Å²) in [6, 6.07) is 8.48. The Morgan fingerprint density at radius 2 is 1.50 bits per heavy atom. The molecule has 2 heteroatoms. The molecule has 14 heavy (non-hydrogen) atoms. The molecule has 0 bridgehead atoms. The van der Waals surface area contributed by atoms with E-state index in [0.717, 1.165) is 0 Å². The molecular weight excluding hydrogens is 176 g/mol. The Bertz CT molecular complexity index is 241. The quantitative estimate of drug-likeness (QED) is 0.719. The van der Waals surface area contributed by atoms with Crippen molar-refractivity contribution in [2.75, 3.05) is 0 Å². The second-order valence-electron chi connectivity index (χ2n) is 3.28. The maximum Gasteiger partial charge on any atom is 0.0414 e. The van der Waals surface area contributed by atoms with Gasteiger partial charge in [-0.2, -0.15) is 0 Å². The van der Waals surface area contributed by atoms with Gasteiger partial charge in [-0.25, -0.2) is 0 Å². The van der Waals surface area contributed by atoms with Gasteiger partial charge in [-0.05, 0) is 20.3 Å². The zero-order chi connectivity index (χ0) is 11.0. The topological polar surface area (TPSA) is 40.1 Å². The Balaban J connectivity index is 0.000000255. The third-order valence-corrected chi connectivity index (χ3v) is 1.67. The Morgan fingerprint density at radius 1 is 1.14 bits per heavy atom. The zero-order valence-electron chi connectivity index (χ0n) is 9.04. The first-order valence-corrected chi connectivity index (χ1v) is 4.79. The monoisotopic (exact) mass is 193 g/mol. The Morgan fingerprint density at radius 3 is 1.64 bits per heavy atom. The molecule has 0 aromatic heterocycles. The van der Waals surface area contributed by atoms with Gasteiger partial charge in [-0.15, -0.1) is 0 Å². The molecular formula is C12H17O2-. The van der Waals surface area contributed by atoms with Crippen molar-refractivity contribution in [3.8, 4) is 0 Å². The molecule has 0 saturated heterocycles. The minimum Gasteiger partial charge on any atom is -0.550 e. The van der Waals surface area contributed by atoms with Crippen LogP contribution in [0.2, 0.25) is 0 Å². The van der Waals surface area contributed by atoms with Crippen LogP contribution < -0.4 is 5.11 Å². The largest absolute Gasteiger partial charge is 0.550 e. The lowest BCUT2D eigenvalue weighted by molar-refractivity contribution is -0.305. The summed E-state index contributed by atoms with van der Waals surface area (Å²) in [5.41, 5.74) is 2.66. The molecule has 0 aliphatic heterocycles. The lowest BCUT2D eigenvalue weighted by atomic mass is 10.2. The van der Waals surface area contributed by atoms with E-state index in [0.29, 0.717) is 6.42 Å². The number of hydrogen-bond acceptors (Lipinski definition) is 2. The molecule has 2 nitrogen and oxygen atoms in total. The predicted molar refractivity (Wildman–Crippen MR) is 55.8 cm³/mol. The number of carboxylic acids is 1. The van der Waals surface area contributed by atoms with Gasteiger partial charge in [0.2, 0.25) is 0 Å². The summed E-state index contributed by atoms with van der Waals surface area (Å²) >= 11 is 0. The number of aliphatic carboxylic acids is 1. The van der Waals surface area contributed by atoms with Gasteiger partial charge in [-0.1, -0.05) is 48.7 Å². The predicted octanol–water partition coefficient (Wildman–Crippen LogP) is 1.84. The van der Waals surface area contributed by atoms with E-state index in [1.807, 2.05) is 0 Å². The summed E-state index contributed by atoms with van der Waals surface area (Å²) in [7, 11) is 0. The van der Waals surface area contributed by atoms with Crippen LogP contribution in [0.15, 0.2) is 24.3 Å². The number of carbonyl (C=O) groups excluding carboxylic acids is 1. The smallest absolute Gasteiger partial charge is 0.0414 e. The highest BCUT2D eigenvalue weighted by molar-refractivity contribution is 5.63. The summed E-state index contributed by atoms with van der Waals surface area (Å²) in [5, 5.41) is 9.49. The van der Waals surface area contributed by atoms with Gasteiger partial charge in [0.1, 0.15) is 0 Å². The molecule has 0 atom stereocenters. The Labute approximate surface area is 85.6 Å². The fourth-order valence-corrected chi connectivity index (χ4v) is 0.841. The maximum absolute atomic E-state index is 9.49. The van der Waals surface area contributed by atoms with E-state index >= 15 is 0 Å². The summed E-state index contributed by atoms with van der Waals surface area (Å²) in [6.45, 7) is 5.99. The van der Waals surface area contributed by atoms with Crippen molar-refractivity contribution in [1.29, 1.82) is 0 Å². The maximum atomic E-state index is 9.49. The van der Waals surface area contributed by atoms with Gasteiger partial charge < -0.3 is 9.90 Å². The summed E-state index contributed by atoms with van der Waals surface area (Å²) in [4.78, 5) is 9.49. The molecule has 0 amide bonds. The highest BCUT2D eigenvalue weighted by Crippen LogP contribution is 1.99. The number of rotatable bonds is 2. The fraction of sp³-hybridized carbons (Fsp3) is 0.417. The molecule has 0 radical (unpaired) electrons. The second-order valence-corrected chi connectivity index (χ2v) is 3.28. The second kappa shape index (κ2) is 7.13. The van der Waals surface area contributed by atoms with Crippen molar-refractivity contribution in [2.45, 2.75) is 33.6 Å². The van der Waals surface area contributed by atoms with Crippen LogP contribution in [0, 0.1) is 13.8 Å². The SMILES string of the molecule is CCCC(=O)[O-].Cc1ccc(C)cc1. The van der Waals surface area contributed by atoms with Crippen LogP contribution >= 0.6 is 0 Å². The van der Waals surface area contributed by atoms with Crippen LogP contribution in [0.5, 0.6) is 0 Å². The number of carbonyl (C=O) groups is 1. The summed E-state index contributed by atoms with van der Waals surface area (Å²) in [5.74, 6) is -0.961. The third-order valence-electron chi connectivity index (χ3n) is 1.67. The Kier molecular flexibility index (Phi) is 6.46. The van der Waals surface area contributed by atoms with Gasteiger partial charge in [-0.3, -0.25) is 0 Å². The number of carboxylic acid groups (broad SMARTS) is 1. The van der Waals surface area contributed by atoms with E-state index in [4.69, 9.17) is 0 Å². The van der Waals surface area contributed by atoms with E-state index in [2.05, 4.69) is 38.1 Å². The zero-order valence-corrected chi connectivity index (χ0v) is 9.04. The molecule has 1 aromatic rings. The van der Waals surface area contributed by atoms with Gasteiger partial charge in [0.25, 0.3) is 0 Å². The van der Waals surface area contributed by atoms with E-state index in [9.17, 15) is 9.90 Å². The first-order valence-electron chi connectivity index (χ1n) is 4.79. The number of benzene rings is 1. The molecule has 0 fully saturated rings. The molecule has 0 unspecified atom stereocenters. The van der Waals surface area contributed by atoms with Gasteiger partial charge in [0.05, 0.1) is 0 Å². The van der Waals surface area contributed by atoms with Crippen molar-refractivity contribution in [3.63, 3.8) is 0 Å². The highest BCUT2D eigenvalue weighted by atomic mass is 16.4. The fourth-order valence-electron chi connectivity index (χ4n) is 0.841. The van der Waals surface area contributed by atoms with Crippen LogP contribution in [0.25, 0.3) is 0 Å². The molecule has 0 heterocycles. The van der Waals surface area contributed by atoms with Crippen molar-refractivity contribution in [2.24, 2.45) is 0 Å². The van der Waals surface area contributed by atoms with Gasteiger partial charge in [0.15, 0.2) is 0 Å². The summed E-state index contributed by atoms with van der Waals surface area (Å²) in [6.07, 6.45) is 0.850. The normalized spacial score (nSPS) is 8.79. The highest BCUT2D eigenvalue weighted by Gasteiger charge is 1.79. The lowest BCUT2D eigenvalue weighted by Gasteiger charge is -1.92. The molecule has 78 valence electrons. The third kappa shape index (κ3) is 7.35. The van der Waals surface area contributed by atoms with Crippen LogP contribution in [-0.2, 0) is 4.79 Å². The average molecular weight is 193 g/mol. The van der Waals surface area contributed by atoms with Crippen LogP contribution in [0.4, 0.5) is 0 Å². The molecule has 1 aromatic carbocycles. The van der Waals surface area contributed by atoms with Gasteiger partial charge >= 0.3 is 0 Å². The van der Waals surface area contributed by atoms with Crippen molar-refractivity contribution >= 4 is 5.97 Å². The molecule has 0 aliphatic rings. The molecule has 0 saturated carbocycles. The van der Waals surface area contributed by atoms with Gasteiger partial charge in [0, 0.05) is 5.97 Å². The van der Waals surface area contributed by atoms with E-state index in [-0.39, 0.29) is 6.42 Å². The van der Waals surface area contributed by atoms with E-state index in [1.165, 1.54) is 11.1 Å². The first-order chi connectivity index (χ1) is 6.56. The molecule has 0 N–H and O–H groups in total. The lowest BCUT2D eigenvalue weighted by Crippen LogP contribution is -2.20. The number of aryl methyl sites for hydroxylation is 2. The first kappa shape index (κ1) is 12.7. The standard InChI is InChI=1S/C8H10.C4H8O2/c1-7-3-5-8(2)6-4-7;1-2-3-4(5)6/h3-6H,1-2H3;2-3H2,1H3,(H,5,6)/p-1. The van der Waals surface area contributed by atoms with E-state index < -0.39 is 5.97 Å². The Hall–Kier alpha value is -1.31. The van der Waals surface area contributed by atoms with Crippen LogP contribution in [0.1, 0.15) is 30.9 Å². The average Bonchev–Trinajstić information content (AvgIpc) is 2.11. The van der Waals surface area contributed by atoms with Crippen molar-refractivity contribution < 1.29 is 9.90 Å². The molecule has 1 rings (SSSR count). The minimum atomic E-state index is -0.961. The molecule has 0 spiro atoms. The van der Waals surface area contributed by atoms with Crippen molar-refractivity contribution in [1.82, 2.24) is 0 Å². The van der Waals surface area contributed by atoms with Crippen molar-refractivity contribution in [3.05, 3.63) is 35.4 Å². The van der Waals surface area contributed by atoms with Crippen LogP contribution in [0.3, 0.4) is 0 Å². The molecule has 0 aliphatic carbocycles. The van der Waals surface area contributed by atoms with E-state index in [1.54, 1.807) is 6.92 Å². The van der Waals surface area contributed by atoms with Crippen LogP contribution in [-0.4, -0.2) is 5.97 Å². The number of hydrogen-bond donors (Lipinski definition) is 0. The minimum absolute atomic E-state index is 0.181. The summed E-state index contributed by atoms with van der Waals surface area (Å²) < 4.78 is 0.